The fourth-order valence-corrected chi connectivity index (χ4v) is 8.41. The van der Waals surface area contributed by atoms with Crippen molar-refractivity contribution >= 4 is 22.0 Å². The van der Waals surface area contributed by atoms with Crippen LogP contribution in [0.3, 0.4) is 0 Å². The molecule has 8 atom stereocenters. The van der Waals surface area contributed by atoms with Gasteiger partial charge in [-0.1, -0.05) is 25.5 Å². The molecule has 0 aromatic rings. The largest absolute Gasteiger partial charge is 0.398 e. The molecule has 3 saturated carbocycles. The Morgan fingerprint density at radius 2 is 1.97 bits per heavy atom. The number of carbonyl (C=O) groups is 2. The molecule has 0 spiro atoms. The lowest BCUT2D eigenvalue weighted by atomic mass is 9.44. The summed E-state index contributed by atoms with van der Waals surface area (Å²) in [5.74, 6) is -3.29. The maximum Gasteiger partial charge on any atom is 0.398 e. The Hall–Kier alpha value is -1.46. The summed E-state index contributed by atoms with van der Waals surface area (Å²) >= 11 is 0. The van der Waals surface area contributed by atoms with Crippen LogP contribution in [0, 0.1) is 28.6 Å². The van der Waals surface area contributed by atoms with Crippen molar-refractivity contribution in [2.24, 2.45) is 28.6 Å². The van der Waals surface area contributed by atoms with E-state index in [-0.39, 0.29) is 18.6 Å². The van der Waals surface area contributed by atoms with Crippen LogP contribution in [-0.4, -0.2) is 58.7 Å². The Labute approximate surface area is 186 Å². The molecule has 0 heterocycles. The van der Waals surface area contributed by atoms with Gasteiger partial charge in [0.05, 0.1) is 6.10 Å². The smallest absolute Gasteiger partial charge is 0.390 e. The third-order valence-corrected chi connectivity index (χ3v) is 9.45. The van der Waals surface area contributed by atoms with Crippen molar-refractivity contribution in [3.8, 4) is 0 Å². The van der Waals surface area contributed by atoms with Crippen LogP contribution in [0.4, 0.5) is 4.39 Å². The lowest BCUT2D eigenvalue weighted by Crippen LogP contribution is -2.70. The summed E-state index contributed by atoms with van der Waals surface area (Å²) in [6, 6.07) is 0. The molecule has 0 saturated heterocycles. The number of alkyl halides is 1. The normalized spacial score (nSPS) is 48.0. The Balaban J connectivity index is 1.88. The van der Waals surface area contributed by atoms with Crippen LogP contribution in [-0.2, 0) is 24.2 Å². The molecular formula is C22H29FO8S. The molecule has 0 bridgehead atoms. The van der Waals surface area contributed by atoms with Gasteiger partial charge in [0.25, 0.3) is 0 Å². The minimum Gasteiger partial charge on any atom is -0.390 e. The standard InChI is InChI=1S/C22H29FO8S/c1-12-8-16-15-5-4-13-9-14(25)6-7-19(13,2)21(15,23)17(26)10-20(16,3)22(12,18(27)11-24)31-32(28,29)30/h6-7,9,12,15-17,24,26H,4-5,8,10-11H2,1-3H3,(H,28,29,30)/t12-,15-,16-,17-,19-,20-,21-,22-/m0/s1. The van der Waals surface area contributed by atoms with E-state index < -0.39 is 68.7 Å². The van der Waals surface area contributed by atoms with E-state index in [9.17, 15) is 32.8 Å². The number of rotatable bonds is 4. The quantitative estimate of drug-likeness (QED) is 0.526. The summed E-state index contributed by atoms with van der Waals surface area (Å²) in [4.78, 5) is 24.9. The van der Waals surface area contributed by atoms with Crippen molar-refractivity contribution in [3.05, 3.63) is 23.8 Å². The lowest BCUT2D eigenvalue weighted by Gasteiger charge is -2.62. The van der Waals surface area contributed by atoms with Crippen LogP contribution in [0.1, 0.15) is 46.5 Å². The van der Waals surface area contributed by atoms with Crippen LogP contribution in [0.5, 0.6) is 0 Å². The van der Waals surface area contributed by atoms with Gasteiger partial charge in [-0.3, -0.25) is 14.1 Å². The summed E-state index contributed by atoms with van der Waals surface area (Å²) in [6.45, 7) is 3.76. The van der Waals surface area contributed by atoms with Crippen molar-refractivity contribution < 1.29 is 41.3 Å². The van der Waals surface area contributed by atoms with Gasteiger partial charge in [-0.25, -0.2) is 8.57 Å². The van der Waals surface area contributed by atoms with E-state index in [1.165, 1.54) is 18.2 Å². The van der Waals surface area contributed by atoms with Crippen LogP contribution in [0.25, 0.3) is 0 Å². The second kappa shape index (κ2) is 7.02. The van der Waals surface area contributed by atoms with Crippen molar-refractivity contribution in [2.75, 3.05) is 6.61 Å². The monoisotopic (exact) mass is 472 g/mol. The van der Waals surface area contributed by atoms with Gasteiger partial charge in [-0.2, -0.15) is 8.42 Å². The van der Waals surface area contributed by atoms with Gasteiger partial charge in [-0.15, -0.1) is 0 Å². The van der Waals surface area contributed by atoms with Crippen LogP contribution in [0.2, 0.25) is 0 Å². The Morgan fingerprint density at radius 3 is 2.56 bits per heavy atom. The Bertz CT molecular complexity index is 1040. The van der Waals surface area contributed by atoms with Gasteiger partial charge >= 0.3 is 10.4 Å². The Morgan fingerprint density at radius 1 is 1.31 bits per heavy atom. The fraction of sp³-hybridized carbons (Fsp3) is 0.727. The van der Waals surface area contributed by atoms with E-state index in [0.717, 1.165) is 0 Å². The number of halogens is 1. The highest BCUT2D eigenvalue weighted by molar-refractivity contribution is 7.81. The SMILES string of the molecule is C[C@H]1C[C@H]2[C@@H]3CCC4=CC(=O)C=C[C@]4(C)[C@@]3(F)[C@@H](O)C[C@]2(C)[C@@]1(OS(=O)(=O)O)C(=O)CO. The zero-order valence-corrected chi connectivity index (χ0v) is 19.1. The van der Waals surface area contributed by atoms with Crippen LogP contribution in [0.15, 0.2) is 23.8 Å². The average Bonchev–Trinajstić information content (AvgIpc) is 2.90. The molecule has 0 unspecified atom stereocenters. The first-order valence-electron chi connectivity index (χ1n) is 10.8. The zero-order valence-electron chi connectivity index (χ0n) is 18.2. The minimum atomic E-state index is -5.11. The molecule has 32 heavy (non-hydrogen) atoms. The van der Waals surface area contributed by atoms with E-state index >= 15 is 4.39 Å². The number of allylic oxidation sites excluding steroid dienone is 4. The number of hydrogen-bond donors (Lipinski definition) is 3. The molecular weight excluding hydrogens is 443 g/mol. The van der Waals surface area contributed by atoms with E-state index in [1.54, 1.807) is 20.8 Å². The van der Waals surface area contributed by atoms with Gasteiger partial charge in [0.2, 0.25) is 0 Å². The summed E-state index contributed by atoms with van der Waals surface area (Å²) in [5.41, 5.74) is -6.30. The second-order valence-corrected chi connectivity index (χ2v) is 11.3. The van der Waals surface area contributed by atoms with E-state index in [2.05, 4.69) is 0 Å². The fourth-order valence-electron chi connectivity index (χ4n) is 7.63. The number of aliphatic hydroxyl groups excluding tert-OH is 2. The number of ketones is 2. The number of carbonyl (C=O) groups excluding carboxylic acids is 2. The Kier molecular flexibility index (Phi) is 5.20. The van der Waals surface area contributed by atoms with Gasteiger partial charge < -0.3 is 10.2 Å². The highest BCUT2D eigenvalue weighted by Crippen LogP contribution is 2.71. The van der Waals surface area contributed by atoms with Gasteiger partial charge in [0, 0.05) is 16.7 Å². The van der Waals surface area contributed by atoms with Gasteiger partial charge in [0.15, 0.2) is 22.8 Å². The second-order valence-electron chi connectivity index (χ2n) is 10.2. The van der Waals surface area contributed by atoms with Gasteiger partial charge in [0.1, 0.15) is 6.61 Å². The first-order valence-corrected chi connectivity index (χ1v) is 12.2. The third-order valence-electron chi connectivity index (χ3n) is 8.98. The molecule has 0 aromatic heterocycles. The van der Waals surface area contributed by atoms with Crippen molar-refractivity contribution in [3.63, 3.8) is 0 Å². The molecule has 3 N–H and O–H groups in total. The molecule has 10 heteroatoms. The molecule has 0 aliphatic heterocycles. The summed E-state index contributed by atoms with van der Waals surface area (Å²) in [7, 11) is -5.11. The average molecular weight is 473 g/mol. The minimum absolute atomic E-state index is 0.207. The van der Waals surface area contributed by atoms with E-state index in [0.29, 0.717) is 18.4 Å². The molecule has 0 radical (unpaired) electrons. The van der Waals surface area contributed by atoms with Crippen molar-refractivity contribution in [1.82, 2.24) is 0 Å². The van der Waals surface area contributed by atoms with Crippen LogP contribution >= 0.6 is 0 Å². The maximum atomic E-state index is 17.1. The molecule has 178 valence electrons. The number of Topliss-reactive ketones (excluding diaryl/α,β-unsaturated/α-hetero) is 1. The third kappa shape index (κ3) is 2.76. The highest BCUT2D eigenvalue weighted by Gasteiger charge is 2.77. The molecule has 3 fully saturated rings. The molecule has 0 amide bonds. The maximum absolute atomic E-state index is 17.1. The first-order chi connectivity index (χ1) is 14.7. The molecule has 8 nitrogen and oxygen atoms in total. The summed E-state index contributed by atoms with van der Waals surface area (Å²) in [5, 5.41) is 20.9. The van der Waals surface area contributed by atoms with Crippen molar-refractivity contribution in [2.45, 2.75) is 63.8 Å². The molecule has 4 aliphatic rings. The lowest BCUT2D eigenvalue weighted by molar-refractivity contribution is -0.215. The summed E-state index contributed by atoms with van der Waals surface area (Å²) in [6.07, 6.45) is 3.19. The predicted octanol–water partition coefficient (Wildman–Crippen LogP) is 1.72. The topological polar surface area (TPSA) is 138 Å². The highest BCUT2D eigenvalue weighted by atomic mass is 32.3. The van der Waals surface area contributed by atoms with E-state index in [1.807, 2.05) is 0 Å². The number of hydrogen-bond acceptors (Lipinski definition) is 7. The van der Waals surface area contributed by atoms with Gasteiger partial charge in [-0.05, 0) is 56.6 Å². The first kappa shape index (κ1) is 23.7. The molecule has 4 rings (SSSR count). The molecule has 0 aromatic carbocycles. The molecule has 4 aliphatic carbocycles. The zero-order chi connectivity index (χ0) is 23.9. The number of fused-ring (bicyclic) bond motifs is 5. The van der Waals surface area contributed by atoms with E-state index in [4.69, 9.17) is 4.18 Å². The van der Waals surface area contributed by atoms with Crippen molar-refractivity contribution in [1.29, 1.82) is 0 Å². The number of aliphatic hydroxyl groups is 2. The summed E-state index contributed by atoms with van der Waals surface area (Å²) < 4.78 is 55.2. The predicted molar refractivity (Wildman–Crippen MR) is 110 cm³/mol. The van der Waals surface area contributed by atoms with Crippen LogP contribution < -0.4 is 0 Å².